The molecule has 18 heavy (non-hydrogen) atoms. The SMILES string of the molecule is O=C(O)[C@H]1CCCN1C(=O)CC[C@@H]1CCCCO1. The van der Waals surface area contributed by atoms with Crippen LogP contribution in [0.15, 0.2) is 0 Å². The van der Waals surface area contributed by atoms with Crippen molar-refractivity contribution in [1.29, 1.82) is 0 Å². The molecule has 1 N–H and O–H groups in total. The first-order chi connectivity index (χ1) is 8.68. The predicted molar refractivity (Wildman–Crippen MR) is 65.2 cm³/mol. The Bertz CT molecular complexity index is 312. The average molecular weight is 255 g/mol. The van der Waals surface area contributed by atoms with Crippen LogP contribution < -0.4 is 0 Å². The van der Waals surface area contributed by atoms with Crippen molar-refractivity contribution < 1.29 is 19.4 Å². The van der Waals surface area contributed by atoms with Gasteiger partial charge in [-0.15, -0.1) is 0 Å². The molecule has 0 spiro atoms. The number of aliphatic carboxylic acids is 1. The van der Waals surface area contributed by atoms with Gasteiger partial charge in [0.2, 0.25) is 5.91 Å². The zero-order chi connectivity index (χ0) is 13.0. The number of nitrogens with zero attached hydrogens (tertiary/aromatic N) is 1. The molecule has 0 bridgehead atoms. The number of likely N-dealkylation sites (tertiary alicyclic amines) is 1. The molecule has 2 atom stereocenters. The van der Waals surface area contributed by atoms with E-state index in [0.717, 1.165) is 32.3 Å². The largest absolute Gasteiger partial charge is 0.480 e. The van der Waals surface area contributed by atoms with E-state index in [1.807, 2.05) is 0 Å². The minimum atomic E-state index is -0.880. The number of carboxylic acid groups (broad SMARTS) is 1. The van der Waals surface area contributed by atoms with Crippen molar-refractivity contribution in [3.63, 3.8) is 0 Å². The molecule has 1 amide bonds. The Morgan fingerprint density at radius 1 is 1.22 bits per heavy atom. The summed E-state index contributed by atoms with van der Waals surface area (Å²) in [5.74, 6) is -0.913. The minimum Gasteiger partial charge on any atom is -0.480 e. The molecular formula is C13H21NO4. The molecular weight excluding hydrogens is 234 g/mol. The van der Waals surface area contributed by atoms with Crippen molar-refractivity contribution in [2.75, 3.05) is 13.2 Å². The average Bonchev–Trinajstić information content (AvgIpc) is 2.86. The number of ether oxygens (including phenoxy) is 1. The molecule has 102 valence electrons. The molecule has 5 heteroatoms. The topological polar surface area (TPSA) is 66.8 Å². The summed E-state index contributed by atoms with van der Waals surface area (Å²) in [6, 6.07) is -0.607. The first kappa shape index (κ1) is 13.3. The third kappa shape index (κ3) is 3.22. The Hall–Kier alpha value is -1.10. The second kappa shape index (κ2) is 6.18. The summed E-state index contributed by atoms with van der Waals surface area (Å²) in [5.41, 5.74) is 0. The van der Waals surface area contributed by atoms with Gasteiger partial charge in [-0.05, 0) is 38.5 Å². The van der Waals surface area contributed by atoms with Gasteiger partial charge in [0.1, 0.15) is 6.04 Å². The van der Waals surface area contributed by atoms with Crippen molar-refractivity contribution in [2.45, 2.75) is 57.1 Å². The quantitative estimate of drug-likeness (QED) is 0.824. The summed E-state index contributed by atoms with van der Waals surface area (Å²) >= 11 is 0. The van der Waals surface area contributed by atoms with E-state index < -0.39 is 12.0 Å². The molecule has 0 aromatic rings. The Kier molecular flexibility index (Phi) is 4.58. The van der Waals surface area contributed by atoms with Crippen LogP contribution >= 0.6 is 0 Å². The molecule has 0 aliphatic carbocycles. The molecule has 0 aromatic heterocycles. The van der Waals surface area contributed by atoms with Gasteiger partial charge in [-0.2, -0.15) is 0 Å². The lowest BCUT2D eigenvalue weighted by Crippen LogP contribution is -2.40. The Morgan fingerprint density at radius 3 is 2.72 bits per heavy atom. The van der Waals surface area contributed by atoms with E-state index in [4.69, 9.17) is 9.84 Å². The maximum absolute atomic E-state index is 12.0. The zero-order valence-electron chi connectivity index (χ0n) is 10.6. The Balaban J connectivity index is 1.78. The van der Waals surface area contributed by atoms with Crippen molar-refractivity contribution in [3.8, 4) is 0 Å². The van der Waals surface area contributed by atoms with E-state index in [2.05, 4.69) is 0 Å². The van der Waals surface area contributed by atoms with Gasteiger partial charge in [0.25, 0.3) is 0 Å². The Labute approximate surface area is 107 Å². The Morgan fingerprint density at radius 2 is 2.06 bits per heavy atom. The molecule has 0 saturated carbocycles. The zero-order valence-corrected chi connectivity index (χ0v) is 10.6. The monoisotopic (exact) mass is 255 g/mol. The van der Waals surface area contributed by atoms with Crippen LogP contribution in [0.2, 0.25) is 0 Å². The molecule has 0 radical (unpaired) electrons. The molecule has 0 aromatic carbocycles. The van der Waals surface area contributed by atoms with Crippen LogP contribution in [-0.2, 0) is 14.3 Å². The molecule has 2 fully saturated rings. The molecule has 2 rings (SSSR count). The summed E-state index contributed by atoms with van der Waals surface area (Å²) in [5, 5.41) is 9.03. The van der Waals surface area contributed by atoms with Gasteiger partial charge in [0.05, 0.1) is 6.10 Å². The summed E-state index contributed by atoms with van der Waals surface area (Å²) < 4.78 is 5.58. The van der Waals surface area contributed by atoms with Crippen LogP contribution in [0.5, 0.6) is 0 Å². The second-order valence-electron chi connectivity index (χ2n) is 5.11. The normalized spacial score (nSPS) is 28.3. The van der Waals surface area contributed by atoms with Gasteiger partial charge in [-0.25, -0.2) is 4.79 Å². The highest BCUT2D eigenvalue weighted by Gasteiger charge is 2.33. The lowest BCUT2D eigenvalue weighted by molar-refractivity contribution is -0.148. The summed E-state index contributed by atoms with van der Waals surface area (Å²) in [4.78, 5) is 24.5. The van der Waals surface area contributed by atoms with Gasteiger partial charge in [0, 0.05) is 19.6 Å². The van der Waals surface area contributed by atoms with Gasteiger partial charge < -0.3 is 14.7 Å². The molecule has 2 heterocycles. The lowest BCUT2D eigenvalue weighted by Gasteiger charge is -2.25. The van der Waals surface area contributed by atoms with E-state index >= 15 is 0 Å². The van der Waals surface area contributed by atoms with Gasteiger partial charge >= 0.3 is 5.97 Å². The lowest BCUT2D eigenvalue weighted by atomic mass is 10.0. The molecule has 0 unspecified atom stereocenters. The van der Waals surface area contributed by atoms with Crippen molar-refractivity contribution in [1.82, 2.24) is 4.90 Å². The molecule has 2 saturated heterocycles. The number of carbonyl (C=O) groups is 2. The highest BCUT2D eigenvalue weighted by Crippen LogP contribution is 2.21. The van der Waals surface area contributed by atoms with E-state index in [0.29, 0.717) is 19.4 Å². The van der Waals surface area contributed by atoms with Crippen LogP contribution in [0.1, 0.15) is 44.9 Å². The van der Waals surface area contributed by atoms with Crippen molar-refractivity contribution >= 4 is 11.9 Å². The maximum Gasteiger partial charge on any atom is 0.326 e. The fourth-order valence-electron chi connectivity index (χ4n) is 2.79. The van der Waals surface area contributed by atoms with Gasteiger partial charge in [0.15, 0.2) is 0 Å². The standard InChI is InChI=1S/C13H21NO4/c15-12(7-6-10-4-1-2-9-18-10)14-8-3-5-11(14)13(16)17/h10-11H,1-9H2,(H,16,17)/t10-,11+/m0/s1. The second-order valence-corrected chi connectivity index (χ2v) is 5.11. The van der Waals surface area contributed by atoms with Gasteiger partial charge in [-0.1, -0.05) is 0 Å². The smallest absolute Gasteiger partial charge is 0.326 e. The summed E-state index contributed by atoms with van der Waals surface area (Å²) in [7, 11) is 0. The number of amides is 1. The van der Waals surface area contributed by atoms with E-state index in [1.165, 1.54) is 11.3 Å². The number of hydrogen-bond acceptors (Lipinski definition) is 3. The predicted octanol–water partition coefficient (Wildman–Crippen LogP) is 1.41. The van der Waals surface area contributed by atoms with E-state index in [1.54, 1.807) is 0 Å². The van der Waals surface area contributed by atoms with E-state index in [9.17, 15) is 9.59 Å². The number of carboxylic acids is 1. The third-order valence-corrected chi connectivity index (χ3v) is 3.81. The number of carbonyl (C=O) groups excluding carboxylic acids is 1. The highest BCUT2D eigenvalue weighted by atomic mass is 16.5. The van der Waals surface area contributed by atoms with E-state index in [-0.39, 0.29) is 12.0 Å². The molecule has 2 aliphatic heterocycles. The van der Waals surface area contributed by atoms with Crippen LogP contribution in [0.4, 0.5) is 0 Å². The first-order valence-corrected chi connectivity index (χ1v) is 6.82. The summed E-state index contributed by atoms with van der Waals surface area (Å²) in [6.07, 6.45) is 6.00. The minimum absolute atomic E-state index is 0.0333. The van der Waals surface area contributed by atoms with Crippen LogP contribution in [0.25, 0.3) is 0 Å². The maximum atomic E-state index is 12.0. The van der Waals surface area contributed by atoms with Crippen LogP contribution in [-0.4, -0.2) is 47.2 Å². The third-order valence-electron chi connectivity index (χ3n) is 3.81. The number of rotatable bonds is 4. The fourth-order valence-corrected chi connectivity index (χ4v) is 2.79. The fraction of sp³-hybridized carbons (Fsp3) is 0.846. The molecule has 5 nitrogen and oxygen atoms in total. The van der Waals surface area contributed by atoms with Crippen molar-refractivity contribution in [3.05, 3.63) is 0 Å². The number of hydrogen-bond donors (Lipinski definition) is 1. The highest BCUT2D eigenvalue weighted by molar-refractivity contribution is 5.84. The first-order valence-electron chi connectivity index (χ1n) is 6.82. The van der Waals surface area contributed by atoms with Gasteiger partial charge in [-0.3, -0.25) is 4.79 Å². The van der Waals surface area contributed by atoms with Crippen molar-refractivity contribution in [2.24, 2.45) is 0 Å². The molecule has 2 aliphatic rings. The van der Waals surface area contributed by atoms with Crippen LogP contribution in [0, 0.1) is 0 Å². The summed E-state index contributed by atoms with van der Waals surface area (Å²) in [6.45, 7) is 1.38. The van der Waals surface area contributed by atoms with Crippen LogP contribution in [0.3, 0.4) is 0 Å².